The van der Waals surface area contributed by atoms with Gasteiger partial charge in [0, 0.05) is 12.6 Å². The van der Waals surface area contributed by atoms with E-state index in [1.54, 1.807) is 26.3 Å². The van der Waals surface area contributed by atoms with Crippen LogP contribution in [0.5, 0.6) is 5.75 Å². The van der Waals surface area contributed by atoms with E-state index in [2.05, 4.69) is 0 Å². The highest BCUT2D eigenvalue weighted by Gasteiger charge is 2.11. The van der Waals surface area contributed by atoms with Crippen LogP contribution < -0.4 is 4.74 Å². The van der Waals surface area contributed by atoms with Gasteiger partial charge in [-0.2, -0.15) is 0 Å². The van der Waals surface area contributed by atoms with Gasteiger partial charge in [0.25, 0.3) is 5.91 Å². The fourth-order valence-electron chi connectivity index (χ4n) is 1.71. The fraction of sp³-hybridized carbons (Fsp3) is 0.188. The fourth-order valence-corrected chi connectivity index (χ4v) is 1.71. The number of nitrogens with zero attached hydrogens (tertiary/aromatic N) is 1. The summed E-state index contributed by atoms with van der Waals surface area (Å²) < 4.78 is 5.09. The summed E-state index contributed by atoms with van der Waals surface area (Å²) in [7, 11) is 3.23. The maximum absolute atomic E-state index is 12.0. The van der Waals surface area contributed by atoms with E-state index < -0.39 is 0 Å². The zero-order valence-corrected chi connectivity index (χ0v) is 11.6. The maximum atomic E-state index is 12.0. The topological polar surface area (TPSA) is 38.8 Å². The number of hydrogen-bond acceptors (Lipinski definition) is 3. The van der Waals surface area contributed by atoms with Gasteiger partial charge in [0.05, 0.1) is 7.11 Å². The van der Waals surface area contributed by atoms with Crippen molar-refractivity contribution in [3.05, 3.63) is 65.7 Å². The van der Waals surface area contributed by atoms with Crippen LogP contribution >= 0.6 is 0 Å². The van der Waals surface area contributed by atoms with Gasteiger partial charge in [-0.05, 0) is 29.8 Å². The van der Waals surface area contributed by atoms with Crippen LogP contribution in [0.25, 0.3) is 0 Å². The molecule has 4 heteroatoms. The minimum absolute atomic E-state index is 0.167. The van der Waals surface area contributed by atoms with Gasteiger partial charge in [-0.25, -0.2) is 5.06 Å². The normalized spacial score (nSPS) is 10.1. The van der Waals surface area contributed by atoms with Crippen LogP contribution in [0.3, 0.4) is 0 Å². The van der Waals surface area contributed by atoms with Crippen LogP contribution in [-0.2, 0) is 11.4 Å². The second-order valence-corrected chi connectivity index (χ2v) is 4.29. The lowest BCUT2D eigenvalue weighted by Gasteiger charge is -2.17. The molecule has 0 aliphatic rings. The summed E-state index contributed by atoms with van der Waals surface area (Å²) in [6.45, 7) is 0.332. The number of hydroxylamine groups is 2. The van der Waals surface area contributed by atoms with Gasteiger partial charge in [-0.15, -0.1) is 0 Å². The molecule has 20 heavy (non-hydrogen) atoms. The number of rotatable bonds is 5. The van der Waals surface area contributed by atoms with E-state index in [1.807, 2.05) is 42.5 Å². The molecule has 0 spiro atoms. The zero-order chi connectivity index (χ0) is 14.4. The highest BCUT2D eigenvalue weighted by Crippen LogP contribution is 2.13. The van der Waals surface area contributed by atoms with Crippen molar-refractivity contribution in [1.82, 2.24) is 5.06 Å². The summed E-state index contributed by atoms with van der Waals surface area (Å²) in [6.07, 6.45) is 0. The number of methoxy groups -OCH3 is 1. The minimum atomic E-state index is -0.167. The van der Waals surface area contributed by atoms with Gasteiger partial charge in [-0.1, -0.05) is 30.3 Å². The van der Waals surface area contributed by atoms with Gasteiger partial charge in [0.1, 0.15) is 12.4 Å². The van der Waals surface area contributed by atoms with Crippen molar-refractivity contribution in [3.8, 4) is 5.75 Å². The molecule has 0 bridgehead atoms. The predicted molar refractivity (Wildman–Crippen MR) is 76.3 cm³/mol. The third kappa shape index (κ3) is 3.59. The molecule has 0 radical (unpaired) electrons. The van der Waals surface area contributed by atoms with Crippen LogP contribution in [0.4, 0.5) is 0 Å². The van der Waals surface area contributed by atoms with Crippen LogP contribution in [0.15, 0.2) is 54.6 Å². The molecule has 2 aromatic rings. The molecule has 2 aromatic carbocycles. The summed E-state index contributed by atoms with van der Waals surface area (Å²) in [5.41, 5.74) is 1.57. The van der Waals surface area contributed by atoms with E-state index in [4.69, 9.17) is 9.57 Å². The molecule has 1 amide bonds. The highest BCUT2D eigenvalue weighted by molar-refractivity contribution is 5.93. The molecule has 0 fully saturated rings. The van der Waals surface area contributed by atoms with Gasteiger partial charge < -0.3 is 4.74 Å². The first kappa shape index (κ1) is 14.1. The van der Waals surface area contributed by atoms with Crippen molar-refractivity contribution < 1.29 is 14.4 Å². The number of benzene rings is 2. The van der Waals surface area contributed by atoms with E-state index in [0.29, 0.717) is 12.2 Å². The SMILES string of the molecule is COc1ccc(CON(C)C(=O)c2ccccc2)cc1. The molecular formula is C16H17NO3. The van der Waals surface area contributed by atoms with E-state index in [0.717, 1.165) is 11.3 Å². The van der Waals surface area contributed by atoms with E-state index in [-0.39, 0.29) is 5.91 Å². The molecule has 4 nitrogen and oxygen atoms in total. The zero-order valence-electron chi connectivity index (χ0n) is 11.6. The summed E-state index contributed by atoms with van der Waals surface area (Å²) >= 11 is 0. The first-order valence-electron chi connectivity index (χ1n) is 6.29. The van der Waals surface area contributed by atoms with Crippen molar-refractivity contribution in [3.63, 3.8) is 0 Å². The van der Waals surface area contributed by atoms with Crippen molar-refractivity contribution in [2.75, 3.05) is 14.2 Å². The lowest BCUT2D eigenvalue weighted by atomic mass is 10.2. The van der Waals surface area contributed by atoms with Crippen molar-refractivity contribution in [2.45, 2.75) is 6.61 Å². The maximum Gasteiger partial charge on any atom is 0.277 e. The van der Waals surface area contributed by atoms with E-state index >= 15 is 0 Å². The molecule has 0 saturated carbocycles. The summed E-state index contributed by atoms with van der Waals surface area (Å²) in [6, 6.07) is 16.6. The van der Waals surface area contributed by atoms with Gasteiger partial charge >= 0.3 is 0 Å². The van der Waals surface area contributed by atoms with Gasteiger partial charge in [0.15, 0.2) is 0 Å². The Labute approximate surface area is 118 Å². The molecule has 0 saturated heterocycles. The third-order valence-corrected chi connectivity index (χ3v) is 2.89. The number of ether oxygens (including phenoxy) is 1. The molecule has 0 aliphatic carbocycles. The Morgan fingerprint density at radius 3 is 2.30 bits per heavy atom. The molecule has 104 valence electrons. The molecule has 0 aromatic heterocycles. The molecule has 0 N–H and O–H groups in total. The van der Waals surface area contributed by atoms with Crippen LogP contribution in [0.1, 0.15) is 15.9 Å². The molecule has 0 aliphatic heterocycles. The van der Waals surface area contributed by atoms with Crippen LogP contribution in [0.2, 0.25) is 0 Å². The molecule has 0 atom stereocenters. The Hall–Kier alpha value is -2.33. The van der Waals surface area contributed by atoms with E-state index in [1.165, 1.54) is 5.06 Å². The molecule has 0 unspecified atom stereocenters. The highest BCUT2D eigenvalue weighted by atomic mass is 16.7. The Balaban J connectivity index is 1.91. The summed E-state index contributed by atoms with van der Waals surface area (Å²) in [5, 5.41) is 1.25. The predicted octanol–water partition coefficient (Wildman–Crippen LogP) is 2.90. The van der Waals surface area contributed by atoms with Gasteiger partial charge in [0.2, 0.25) is 0 Å². The second-order valence-electron chi connectivity index (χ2n) is 4.29. The average Bonchev–Trinajstić information content (AvgIpc) is 2.53. The first-order valence-corrected chi connectivity index (χ1v) is 6.29. The second kappa shape index (κ2) is 6.73. The first-order chi connectivity index (χ1) is 9.70. The summed E-state index contributed by atoms with van der Waals surface area (Å²) in [5.74, 6) is 0.626. The molecular weight excluding hydrogens is 254 g/mol. The standard InChI is InChI=1S/C16H17NO3/c1-17(16(18)14-6-4-3-5-7-14)20-12-13-8-10-15(19-2)11-9-13/h3-11H,12H2,1-2H3. The molecule has 0 heterocycles. The quantitative estimate of drug-likeness (QED) is 0.785. The van der Waals surface area contributed by atoms with Crippen molar-refractivity contribution in [2.24, 2.45) is 0 Å². The van der Waals surface area contributed by atoms with Crippen molar-refractivity contribution >= 4 is 5.91 Å². The Morgan fingerprint density at radius 1 is 1.05 bits per heavy atom. The van der Waals surface area contributed by atoms with Gasteiger partial charge in [-0.3, -0.25) is 9.63 Å². The van der Waals surface area contributed by atoms with Crippen molar-refractivity contribution in [1.29, 1.82) is 0 Å². The number of carbonyl (C=O) groups is 1. The summed E-state index contributed by atoms with van der Waals surface area (Å²) in [4.78, 5) is 17.5. The number of amides is 1. The smallest absolute Gasteiger partial charge is 0.277 e. The minimum Gasteiger partial charge on any atom is -0.497 e. The lowest BCUT2D eigenvalue weighted by molar-refractivity contribution is -0.116. The average molecular weight is 271 g/mol. The Kier molecular flexibility index (Phi) is 4.74. The third-order valence-electron chi connectivity index (χ3n) is 2.89. The monoisotopic (exact) mass is 271 g/mol. The lowest BCUT2D eigenvalue weighted by Crippen LogP contribution is -2.26. The van der Waals surface area contributed by atoms with E-state index in [9.17, 15) is 4.79 Å². The Morgan fingerprint density at radius 2 is 1.70 bits per heavy atom. The Bertz CT molecular complexity index is 552. The number of hydrogen-bond donors (Lipinski definition) is 0. The number of carbonyl (C=O) groups excluding carboxylic acids is 1. The van der Waals surface area contributed by atoms with Crippen LogP contribution in [0, 0.1) is 0 Å². The largest absolute Gasteiger partial charge is 0.497 e. The molecule has 2 rings (SSSR count). The van der Waals surface area contributed by atoms with Crippen LogP contribution in [-0.4, -0.2) is 25.1 Å².